The Hall–Kier alpha value is -1.60. The van der Waals surface area contributed by atoms with Crippen molar-refractivity contribution in [2.75, 3.05) is 32.9 Å². The number of nitrogens with zero attached hydrogens (tertiary/aromatic N) is 1. The van der Waals surface area contributed by atoms with Crippen molar-refractivity contribution >= 4 is 5.91 Å². The Bertz CT molecular complexity index is 566. The minimum atomic E-state index is -2.57. The highest BCUT2D eigenvalue weighted by Gasteiger charge is 2.36. The third kappa shape index (κ3) is 4.70. The first-order valence-electron chi connectivity index (χ1n) is 7.82. The number of hydrogen-bond donors (Lipinski definition) is 0. The van der Waals surface area contributed by atoms with Crippen LogP contribution in [0.5, 0.6) is 0 Å². The average Bonchev–Trinajstić information content (AvgIpc) is 2.54. The minimum absolute atomic E-state index is 0.0993. The molecule has 0 N–H and O–H groups in total. The van der Waals surface area contributed by atoms with Gasteiger partial charge in [-0.1, -0.05) is 18.2 Å². The normalized spacial score (nSPS) is 18.9. The van der Waals surface area contributed by atoms with E-state index < -0.39 is 24.6 Å². The number of alkyl halides is 2. The van der Waals surface area contributed by atoms with Gasteiger partial charge in [-0.15, -0.1) is 0 Å². The lowest BCUT2D eigenvalue weighted by Gasteiger charge is -2.37. The molecule has 1 saturated heterocycles. The van der Waals surface area contributed by atoms with Crippen molar-refractivity contribution in [1.82, 2.24) is 4.90 Å². The first-order valence-corrected chi connectivity index (χ1v) is 7.82. The van der Waals surface area contributed by atoms with E-state index in [-0.39, 0.29) is 24.9 Å². The van der Waals surface area contributed by atoms with Gasteiger partial charge < -0.3 is 14.4 Å². The van der Waals surface area contributed by atoms with Crippen LogP contribution >= 0.6 is 0 Å². The summed E-state index contributed by atoms with van der Waals surface area (Å²) in [7, 11) is 0. The number of rotatable bonds is 6. The van der Waals surface area contributed by atoms with Gasteiger partial charge in [0.25, 0.3) is 6.43 Å². The molecule has 0 spiro atoms. The van der Waals surface area contributed by atoms with Crippen molar-refractivity contribution in [2.24, 2.45) is 5.41 Å². The zero-order valence-corrected chi connectivity index (χ0v) is 13.8. The topological polar surface area (TPSA) is 38.8 Å². The zero-order chi connectivity index (χ0) is 17.7. The van der Waals surface area contributed by atoms with Crippen molar-refractivity contribution in [3.8, 4) is 0 Å². The molecular formula is C17H22F3NO3. The Kier molecular flexibility index (Phi) is 6.23. The molecule has 0 aromatic heterocycles. The van der Waals surface area contributed by atoms with E-state index in [2.05, 4.69) is 0 Å². The summed E-state index contributed by atoms with van der Waals surface area (Å²) in [5, 5.41) is 0. The summed E-state index contributed by atoms with van der Waals surface area (Å²) in [6, 6.07) is 6.28. The number of morpholine rings is 1. The van der Waals surface area contributed by atoms with Crippen LogP contribution in [0.4, 0.5) is 13.2 Å². The van der Waals surface area contributed by atoms with Crippen LogP contribution in [-0.2, 0) is 14.3 Å². The number of amides is 1. The molecule has 2 rings (SSSR count). The summed E-state index contributed by atoms with van der Waals surface area (Å²) in [6.07, 6.45) is -3.11. The fourth-order valence-electron chi connectivity index (χ4n) is 2.65. The van der Waals surface area contributed by atoms with Crippen LogP contribution in [0.1, 0.15) is 25.5 Å². The van der Waals surface area contributed by atoms with Gasteiger partial charge in [0.1, 0.15) is 18.5 Å². The third-order valence-electron chi connectivity index (χ3n) is 3.89. The largest absolute Gasteiger partial charge is 0.374 e. The molecule has 24 heavy (non-hydrogen) atoms. The van der Waals surface area contributed by atoms with Gasteiger partial charge in [-0.2, -0.15) is 0 Å². The second-order valence-electron chi connectivity index (χ2n) is 6.42. The summed E-state index contributed by atoms with van der Waals surface area (Å²) in [6.45, 7) is 3.39. The lowest BCUT2D eigenvalue weighted by Crippen LogP contribution is -2.49. The quantitative estimate of drug-likeness (QED) is 0.795. The second kappa shape index (κ2) is 7.98. The molecule has 4 nitrogen and oxygen atoms in total. The number of halogens is 3. The van der Waals surface area contributed by atoms with Gasteiger partial charge in [0.2, 0.25) is 5.91 Å². The Morgan fingerprint density at radius 3 is 2.79 bits per heavy atom. The van der Waals surface area contributed by atoms with Gasteiger partial charge in [0.15, 0.2) is 0 Å². The van der Waals surface area contributed by atoms with Crippen LogP contribution in [0.15, 0.2) is 24.3 Å². The van der Waals surface area contributed by atoms with Crippen molar-refractivity contribution in [3.05, 3.63) is 35.6 Å². The Balaban J connectivity index is 2.00. The fourth-order valence-corrected chi connectivity index (χ4v) is 2.65. The summed E-state index contributed by atoms with van der Waals surface area (Å²) in [4.78, 5) is 14.2. The van der Waals surface area contributed by atoms with Crippen molar-refractivity contribution in [2.45, 2.75) is 26.4 Å². The maximum atomic E-state index is 13.9. The molecule has 1 aromatic rings. The molecule has 134 valence electrons. The van der Waals surface area contributed by atoms with Crippen LogP contribution in [-0.4, -0.2) is 50.1 Å². The molecule has 1 heterocycles. The molecule has 0 aliphatic carbocycles. The van der Waals surface area contributed by atoms with Gasteiger partial charge in [-0.25, -0.2) is 13.2 Å². The molecule has 0 bridgehead atoms. The van der Waals surface area contributed by atoms with Crippen molar-refractivity contribution < 1.29 is 27.4 Å². The maximum Gasteiger partial charge on any atom is 0.261 e. The van der Waals surface area contributed by atoms with E-state index in [0.29, 0.717) is 18.7 Å². The average molecular weight is 345 g/mol. The van der Waals surface area contributed by atoms with Crippen LogP contribution in [0, 0.1) is 11.2 Å². The molecule has 1 aliphatic heterocycles. The monoisotopic (exact) mass is 345 g/mol. The number of carbonyl (C=O) groups is 1. The molecule has 1 fully saturated rings. The van der Waals surface area contributed by atoms with Gasteiger partial charge in [0, 0.05) is 12.1 Å². The predicted octanol–water partition coefficient (Wildman–Crippen LogP) is 3.03. The molecule has 0 radical (unpaired) electrons. The number of benzene rings is 1. The predicted molar refractivity (Wildman–Crippen MR) is 82.3 cm³/mol. The van der Waals surface area contributed by atoms with Crippen molar-refractivity contribution in [1.29, 1.82) is 0 Å². The van der Waals surface area contributed by atoms with Crippen LogP contribution < -0.4 is 0 Å². The Morgan fingerprint density at radius 2 is 2.12 bits per heavy atom. The molecule has 0 unspecified atom stereocenters. The molecule has 0 saturated carbocycles. The zero-order valence-electron chi connectivity index (χ0n) is 13.8. The second-order valence-corrected chi connectivity index (χ2v) is 6.42. The summed E-state index contributed by atoms with van der Waals surface area (Å²) >= 11 is 0. The van der Waals surface area contributed by atoms with E-state index in [1.807, 2.05) is 0 Å². The summed E-state index contributed by atoms with van der Waals surface area (Å²) < 4.78 is 48.7. The molecule has 1 atom stereocenters. The molecule has 1 aromatic carbocycles. The van der Waals surface area contributed by atoms with Gasteiger partial charge >= 0.3 is 0 Å². The van der Waals surface area contributed by atoms with Gasteiger partial charge in [0.05, 0.1) is 25.2 Å². The number of ether oxygens (including phenoxy) is 2. The molecular weight excluding hydrogens is 323 g/mol. The lowest BCUT2D eigenvalue weighted by molar-refractivity contribution is -0.152. The third-order valence-corrected chi connectivity index (χ3v) is 3.89. The Labute approximate surface area is 139 Å². The minimum Gasteiger partial charge on any atom is -0.374 e. The standard InChI is InChI=1S/C17H22F3NO3/c1-17(2,11-23-10-15(19)20)16(22)21-7-8-24-14(9-21)12-5-3-4-6-13(12)18/h3-6,14-15H,7-11H2,1-2H3/t14-/m1/s1. The van der Waals surface area contributed by atoms with Gasteiger partial charge in [-0.3, -0.25) is 4.79 Å². The van der Waals surface area contributed by atoms with E-state index >= 15 is 0 Å². The van der Waals surface area contributed by atoms with Crippen LogP contribution in [0.3, 0.4) is 0 Å². The number of carbonyl (C=O) groups excluding carboxylic acids is 1. The van der Waals surface area contributed by atoms with Gasteiger partial charge in [-0.05, 0) is 19.9 Å². The van der Waals surface area contributed by atoms with Crippen molar-refractivity contribution in [3.63, 3.8) is 0 Å². The SMILES string of the molecule is CC(C)(COCC(F)F)C(=O)N1CCO[C@@H](c2ccccc2F)C1. The molecule has 1 amide bonds. The maximum absolute atomic E-state index is 13.9. The van der Waals surface area contributed by atoms with E-state index in [9.17, 15) is 18.0 Å². The first kappa shape index (κ1) is 18.7. The number of hydrogen-bond acceptors (Lipinski definition) is 3. The van der Waals surface area contributed by atoms with E-state index in [1.165, 1.54) is 6.07 Å². The van der Waals surface area contributed by atoms with Crippen LogP contribution in [0.25, 0.3) is 0 Å². The van der Waals surface area contributed by atoms with E-state index in [1.54, 1.807) is 36.9 Å². The smallest absolute Gasteiger partial charge is 0.261 e. The first-order chi connectivity index (χ1) is 11.3. The lowest BCUT2D eigenvalue weighted by atomic mass is 9.92. The highest BCUT2D eigenvalue weighted by Crippen LogP contribution is 2.28. The fraction of sp³-hybridized carbons (Fsp3) is 0.588. The van der Waals surface area contributed by atoms with E-state index in [4.69, 9.17) is 9.47 Å². The Morgan fingerprint density at radius 1 is 1.42 bits per heavy atom. The molecule has 7 heteroatoms. The summed E-state index contributed by atoms with van der Waals surface area (Å²) in [5.41, 5.74) is -0.534. The van der Waals surface area contributed by atoms with Crippen LogP contribution in [0.2, 0.25) is 0 Å². The highest BCUT2D eigenvalue weighted by atomic mass is 19.3. The van der Waals surface area contributed by atoms with E-state index in [0.717, 1.165) is 0 Å². The molecule has 1 aliphatic rings. The highest BCUT2D eigenvalue weighted by molar-refractivity contribution is 5.82. The summed E-state index contributed by atoms with van der Waals surface area (Å²) in [5.74, 6) is -0.599.